The summed E-state index contributed by atoms with van der Waals surface area (Å²) in [4.78, 5) is 12.7. The minimum Gasteiger partial charge on any atom is -0.459 e. The zero-order valence-corrected chi connectivity index (χ0v) is 17.9. The van der Waals surface area contributed by atoms with Crippen LogP contribution in [-0.2, 0) is 23.8 Å². The maximum absolute atomic E-state index is 12.8. The topological polar surface area (TPSA) is 81.7 Å². The van der Waals surface area contributed by atoms with Crippen LogP contribution in [0.1, 0.15) is 58.4 Å². The van der Waals surface area contributed by atoms with Crippen LogP contribution in [0.25, 0.3) is 0 Å². The van der Waals surface area contributed by atoms with Gasteiger partial charge in [-0.2, -0.15) is 8.42 Å². The van der Waals surface area contributed by atoms with Gasteiger partial charge in [0.15, 0.2) is 0 Å². The molecule has 0 radical (unpaired) electrons. The third-order valence-corrected chi connectivity index (χ3v) is 6.80. The number of carbonyl (C=O) groups is 1. The second kappa shape index (κ2) is 8.13. The van der Waals surface area contributed by atoms with E-state index >= 15 is 0 Å². The SMILES string of the molecule is Cc1ccc(S(=O)(=O)OC2NC(C(=O)OC(C)(C)C)CC3CCCCC32)cc1. The fourth-order valence-corrected chi connectivity index (χ4v) is 5.21. The number of fused-ring (bicyclic) bond motifs is 1. The lowest BCUT2D eigenvalue weighted by Crippen LogP contribution is -2.57. The smallest absolute Gasteiger partial charge is 0.323 e. The lowest BCUT2D eigenvalue weighted by molar-refractivity contribution is -0.162. The van der Waals surface area contributed by atoms with Gasteiger partial charge >= 0.3 is 5.97 Å². The third-order valence-electron chi connectivity index (χ3n) is 5.49. The molecule has 1 heterocycles. The van der Waals surface area contributed by atoms with Crippen molar-refractivity contribution in [3.8, 4) is 0 Å². The number of aryl methyl sites for hydroxylation is 1. The highest BCUT2D eigenvalue weighted by molar-refractivity contribution is 7.86. The normalized spacial score (nSPS) is 28.4. The Labute approximate surface area is 168 Å². The highest BCUT2D eigenvalue weighted by Crippen LogP contribution is 2.40. The molecule has 4 atom stereocenters. The van der Waals surface area contributed by atoms with E-state index in [4.69, 9.17) is 8.92 Å². The van der Waals surface area contributed by atoms with Crippen LogP contribution in [0.15, 0.2) is 29.2 Å². The third kappa shape index (κ3) is 5.13. The van der Waals surface area contributed by atoms with Crippen LogP contribution in [0.3, 0.4) is 0 Å². The first-order valence-electron chi connectivity index (χ1n) is 10.0. The van der Waals surface area contributed by atoms with E-state index < -0.39 is 28.0 Å². The van der Waals surface area contributed by atoms with Gasteiger partial charge in [0.25, 0.3) is 10.1 Å². The molecule has 28 heavy (non-hydrogen) atoms. The van der Waals surface area contributed by atoms with Crippen LogP contribution in [0.5, 0.6) is 0 Å². The minimum atomic E-state index is -3.93. The molecule has 1 aliphatic heterocycles. The van der Waals surface area contributed by atoms with Crippen LogP contribution in [-0.4, -0.2) is 32.3 Å². The molecule has 3 rings (SSSR count). The predicted molar refractivity (Wildman–Crippen MR) is 106 cm³/mol. The monoisotopic (exact) mass is 409 g/mol. The van der Waals surface area contributed by atoms with E-state index in [1.54, 1.807) is 24.3 Å². The molecule has 1 saturated carbocycles. The summed E-state index contributed by atoms with van der Waals surface area (Å²) < 4.78 is 36.8. The molecule has 4 unspecified atom stereocenters. The fraction of sp³-hybridized carbons (Fsp3) is 0.667. The summed E-state index contributed by atoms with van der Waals surface area (Å²) in [5.41, 5.74) is 0.388. The number of esters is 1. The molecule has 0 aromatic heterocycles. The number of carbonyl (C=O) groups excluding carboxylic acids is 1. The van der Waals surface area contributed by atoms with Gasteiger partial charge in [0.2, 0.25) is 0 Å². The molecule has 0 spiro atoms. The standard InChI is InChI=1S/C21H31NO5S/c1-14-9-11-16(12-10-14)28(24,25)27-19-17-8-6-5-7-15(17)13-18(22-19)20(23)26-21(2,3)4/h9-12,15,17-19,22H,5-8,13H2,1-4H3. The van der Waals surface area contributed by atoms with Crippen LogP contribution >= 0.6 is 0 Å². The highest BCUT2D eigenvalue weighted by Gasteiger charge is 2.44. The van der Waals surface area contributed by atoms with E-state index in [2.05, 4.69) is 5.32 Å². The average Bonchev–Trinajstić information content (AvgIpc) is 2.60. The first-order chi connectivity index (χ1) is 13.0. The van der Waals surface area contributed by atoms with Gasteiger partial charge in [-0.05, 0) is 65.0 Å². The molecular weight excluding hydrogens is 378 g/mol. The summed E-state index contributed by atoms with van der Waals surface area (Å²) in [6, 6.07) is 6.04. The second-order valence-electron chi connectivity index (χ2n) is 8.98. The second-order valence-corrected chi connectivity index (χ2v) is 10.6. The van der Waals surface area contributed by atoms with Gasteiger partial charge < -0.3 is 4.74 Å². The largest absolute Gasteiger partial charge is 0.459 e. The molecule has 2 aliphatic rings. The zero-order chi connectivity index (χ0) is 20.5. The minimum absolute atomic E-state index is 0.0765. The van der Waals surface area contributed by atoms with Crippen molar-refractivity contribution in [2.24, 2.45) is 11.8 Å². The molecule has 6 nitrogen and oxygen atoms in total. The van der Waals surface area contributed by atoms with Gasteiger partial charge in [0.05, 0.1) is 4.90 Å². The number of benzene rings is 1. The van der Waals surface area contributed by atoms with Crippen molar-refractivity contribution in [2.75, 3.05) is 0 Å². The zero-order valence-electron chi connectivity index (χ0n) is 17.1. The Kier molecular flexibility index (Phi) is 6.17. The number of hydrogen-bond acceptors (Lipinski definition) is 6. The van der Waals surface area contributed by atoms with Crippen molar-refractivity contribution in [2.45, 2.75) is 82.6 Å². The van der Waals surface area contributed by atoms with Crippen LogP contribution in [0.2, 0.25) is 0 Å². The molecule has 0 amide bonds. The summed E-state index contributed by atoms with van der Waals surface area (Å²) in [5, 5.41) is 3.14. The summed E-state index contributed by atoms with van der Waals surface area (Å²) in [6.07, 6.45) is 3.96. The Balaban J connectivity index is 1.80. The van der Waals surface area contributed by atoms with Gasteiger partial charge in [0, 0.05) is 5.92 Å². The number of ether oxygens (including phenoxy) is 1. The number of piperidine rings is 1. The number of hydrogen-bond donors (Lipinski definition) is 1. The van der Waals surface area contributed by atoms with Crippen LogP contribution in [0.4, 0.5) is 0 Å². The Bertz CT molecular complexity index is 797. The van der Waals surface area contributed by atoms with Crippen LogP contribution in [0, 0.1) is 18.8 Å². The first-order valence-corrected chi connectivity index (χ1v) is 11.4. The Morgan fingerprint density at radius 2 is 1.75 bits per heavy atom. The van der Waals surface area contributed by atoms with Gasteiger partial charge in [0.1, 0.15) is 17.9 Å². The van der Waals surface area contributed by atoms with Crippen molar-refractivity contribution in [3.63, 3.8) is 0 Å². The highest BCUT2D eigenvalue weighted by atomic mass is 32.2. The van der Waals surface area contributed by atoms with Crippen molar-refractivity contribution < 1.29 is 22.1 Å². The van der Waals surface area contributed by atoms with E-state index in [1.807, 2.05) is 27.7 Å². The Hall–Kier alpha value is -1.44. The maximum atomic E-state index is 12.8. The molecule has 1 aliphatic carbocycles. The summed E-state index contributed by atoms with van der Waals surface area (Å²) in [5.74, 6) is -0.0174. The average molecular weight is 410 g/mol. The first kappa shape index (κ1) is 21.3. The van der Waals surface area contributed by atoms with Gasteiger partial charge in [-0.15, -0.1) is 0 Å². The quantitative estimate of drug-likeness (QED) is 0.605. The molecular formula is C21H31NO5S. The maximum Gasteiger partial charge on any atom is 0.323 e. The van der Waals surface area contributed by atoms with Crippen molar-refractivity contribution >= 4 is 16.1 Å². The van der Waals surface area contributed by atoms with Gasteiger partial charge in [-0.1, -0.05) is 30.5 Å². The molecule has 1 N–H and O–H groups in total. The van der Waals surface area contributed by atoms with Gasteiger partial charge in [-0.25, -0.2) is 4.18 Å². The van der Waals surface area contributed by atoms with E-state index in [0.29, 0.717) is 6.42 Å². The molecule has 1 saturated heterocycles. The van der Waals surface area contributed by atoms with Crippen LogP contribution < -0.4 is 5.32 Å². The summed E-state index contributed by atoms with van der Waals surface area (Å²) >= 11 is 0. The van der Waals surface area contributed by atoms with Crippen molar-refractivity contribution in [1.29, 1.82) is 0 Å². The van der Waals surface area contributed by atoms with Crippen molar-refractivity contribution in [1.82, 2.24) is 5.32 Å². The number of rotatable bonds is 4. The summed E-state index contributed by atoms with van der Waals surface area (Å²) in [6.45, 7) is 7.38. The Morgan fingerprint density at radius 3 is 2.39 bits per heavy atom. The Morgan fingerprint density at radius 1 is 1.11 bits per heavy atom. The van der Waals surface area contributed by atoms with Crippen molar-refractivity contribution in [3.05, 3.63) is 29.8 Å². The molecule has 156 valence electrons. The molecule has 2 fully saturated rings. The molecule has 0 bridgehead atoms. The van der Waals surface area contributed by atoms with E-state index in [0.717, 1.165) is 31.2 Å². The van der Waals surface area contributed by atoms with E-state index in [9.17, 15) is 13.2 Å². The molecule has 1 aromatic rings. The fourth-order valence-electron chi connectivity index (χ4n) is 4.15. The van der Waals surface area contributed by atoms with Gasteiger partial charge in [-0.3, -0.25) is 10.1 Å². The molecule has 7 heteroatoms. The molecule has 1 aromatic carbocycles. The lowest BCUT2D eigenvalue weighted by Gasteiger charge is -2.44. The lowest BCUT2D eigenvalue weighted by atomic mass is 9.72. The summed E-state index contributed by atoms with van der Waals surface area (Å²) in [7, 11) is -3.93. The van der Waals surface area contributed by atoms with E-state index in [1.165, 1.54) is 0 Å². The predicted octanol–water partition coefficient (Wildman–Crippen LogP) is 3.54. The van der Waals surface area contributed by atoms with E-state index in [-0.39, 0.29) is 22.7 Å². The number of nitrogens with one attached hydrogen (secondary N) is 1.